The fourth-order valence-electron chi connectivity index (χ4n) is 2.61. The molecule has 2 aromatic carbocycles. The highest BCUT2D eigenvalue weighted by Gasteiger charge is 2.13. The zero-order valence-electron chi connectivity index (χ0n) is 14.8. The zero-order valence-corrected chi connectivity index (χ0v) is 15.7. The lowest BCUT2D eigenvalue weighted by Gasteiger charge is -2.11. The molecule has 25 heavy (non-hydrogen) atoms. The Bertz CT molecular complexity index is 815. The molecule has 0 radical (unpaired) electrons. The van der Waals surface area contributed by atoms with Gasteiger partial charge in [0.25, 0.3) is 0 Å². The first-order valence-corrected chi connectivity index (χ1v) is 9.53. The molecule has 0 spiro atoms. The Morgan fingerprint density at radius 1 is 1.04 bits per heavy atom. The van der Waals surface area contributed by atoms with Crippen LogP contribution in [0.25, 0.3) is 11.4 Å². The summed E-state index contributed by atoms with van der Waals surface area (Å²) in [6.45, 7) is 7.04. The van der Waals surface area contributed by atoms with Gasteiger partial charge in [0.1, 0.15) is 5.75 Å². The largest absolute Gasteiger partial charge is 0.491 e. The Kier molecular flexibility index (Phi) is 5.76. The summed E-state index contributed by atoms with van der Waals surface area (Å²) in [5, 5.41) is 9.73. The van der Waals surface area contributed by atoms with Gasteiger partial charge in [-0.3, -0.25) is 0 Å². The van der Waals surface area contributed by atoms with E-state index in [1.807, 2.05) is 44.2 Å². The number of hydrogen-bond acceptors (Lipinski definition) is 4. The minimum Gasteiger partial charge on any atom is -0.491 e. The number of nitrogens with zero attached hydrogens (tertiary/aromatic N) is 3. The number of benzene rings is 2. The van der Waals surface area contributed by atoms with Gasteiger partial charge in [0.15, 0.2) is 11.0 Å². The summed E-state index contributed by atoms with van der Waals surface area (Å²) in [6.07, 6.45) is 0.180. The van der Waals surface area contributed by atoms with Crippen LogP contribution in [0.5, 0.6) is 5.75 Å². The Hall–Kier alpha value is -2.27. The van der Waals surface area contributed by atoms with Crippen molar-refractivity contribution in [2.24, 2.45) is 0 Å². The number of rotatable bonds is 7. The Balaban J connectivity index is 1.75. The van der Waals surface area contributed by atoms with Crippen molar-refractivity contribution in [3.8, 4) is 17.1 Å². The number of thioether (sulfide) groups is 1. The van der Waals surface area contributed by atoms with Crippen molar-refractivity contribution in [2.45, 2.75) is 44.3 Å². The molecule has 3 aromatic rings. The molecule has 0 amide bonds. The summed E-state index contributed by atoms with van der Waals surface area (Å²) >= 11 is 1.70. The monoisotopic (exact) mass is 353 g/mol. The second kappa shape index (κ2) is 8.21. The van der Waals surface area contributed by atoms with Gasteiger partial charge in [-0.2, -0.15) is 0 Å². The first-order valence-electron chi connectivity index (χ1n) is 8.54. The summed E-state index contributed by atoms with van der Waals surface area (Å²) < 4.78 is 7.93. The molecule has 130 valence electrons. The molecule has 3 rings (SSSR count). The first kappa shape index (κ1) is 17.5. The van der Waals surface area contributed by atoms with E-state index in [-0.39, 0.29) is 6.10 Å². The van der Waals surface area contributed by atoms with Crippen LogP contribution in [-0.4, -0.2) is 20.9 Å². The van der Waals surface area contributed by atoms with E-state index in [4.69, 9.17) is 4.74 Å². The predicted molar refractivity (Wildman–Crippen MR) is 103 cm³/mol. The summed E-state index contributed by atoms with van der Waals surface area (Å²) in [4.78, 5) is 0. The van der Waals surface area contributed by atoms with Gasteiger partial charge in [-0.25, -0.2) is 0 Å². The van der Waals surface area contributed by atoms with E-state index in [1.165, 1.54) is 5.56 Å². The van der Waals surface area contributed by atoms with Crippen molar-refractivity contribution in [1.29, 1.82) is 0 Å². The molecule has 0 fully saturated rings. The molecule has 0 N–H and O–H groups in total. The SMILES string of the molecule is CCn1c(SCc2cccc(OC(C)C)c2)nnc1-c1ccccc1. The minimum absolute atomic E-state index is 0.180. The maximum atomic E-state index is 5.77. The maximum Gasteiger partial charge on any atom is 0.191 e. The van der Waals surface area contributed by atoms with Crippen molar-refractivity contribution in [3.63, 3.8) is 0 Å². The molecular weight excluding hydrogens is 330 g/mol. The van der Waals surface area contributed by atoms with Gasteiger partial charge in [-0.05, 0) is 38.5 Å². The van der Waals surface area contributed by atoms with E-state index in [0.29, 0.717) is 0 Å². The first-order chi connectivity index (χ1) is 12.2. The average molecular weight is 353 g/mol. The van der Waals surface area contributed by atoms with E-state index in [2.05, 4.69) is 46.0 Å². The standard InChI is InChI=1S/C20H23N3OS/c1-4-23-19(17-10-6-5-7-11-17)21-22-20(23)25-14-16-9-8-12-18(13-16)24-15(2)3/h5-13,15H,4,14H2,1-3H3. The van der Waals surface area contributed by atoms with Gasteiger partial charge in [0.2, 0.25) is 0 Å². The topological polar surface area (TPSA) is 39.9 Å². The van der Waals surface area contributed by atoms with Crippen LogP contribution in [-0.2, 0) is 12.3 Å². The molecule has 1 aromatic heterocycles. The fourth-order valence-corrected chi connectivity index (χ4v) is 3.56. The highest BCUT2D eigenvalue weighted by molar-refractivity contribution is 7.98. The molecule has 0 bridgehead atoms. The van der Waals surface area contributed by atoms with Crippen LogP contribution in [0, 0.1) is 0 Å². The van der Waals surface area contributed by atoms with Crippen LogP contribution in [0.4, 0.5) is 0 Å². The van der Waals surface area contributed by atoms with Crippen molar-refractivity contribution in [3.05, 3.63) is 60.2 Å². The van der Waals surface area contributed by atoms with Crippen LogP contribution < -0.4 is 4.74 Å². The molecular formula is C20H23N3OS. The van der Waals surface area contributed by atoms with Crippen molar-refractivity contribution >= 4 is 11.8 Å². The van der Waals surface area contributed by atoms with Crippen LogP contribution in [0.2, 0.25) is 0 Å². The second-order valence-corrected chi connectivity index (χ2v) is 6.96. The fraction of sp³-hybridized carbons (Fsp3) is 0.300. The average Bonchev–Trinajstić information content (AvgIpc) is 3.03. The smallest absolute Gasteiger partial charge is 0.191 e. The van der Waals surface area contributed by atoms with Gasteiger partial charge >= 0.3 is 0 Å². The van der Waals surface area contributed by atoms with Crippen molar-refractivity contribution in [1.82, 2.24) is 14.8 Å². The third-order valence-corrected chi connectivity index (χ3v) is 4.74. The Morgan fingerprint density at radius 2 is 1.84 bits per heavy atom. The highest BCUT2D eigenvalue weighted by atomic mass is 32.2. The highest BCUT2D eigenvalue weighted by Crippen LogP contribution is 2.27. The van der Waals surface area contributed by atoms with E-state index in [1.54, 1.807) is 11.8 Å². The van der Waals surface area contributed by atoms with Gasteiger partial charge < -0.3 is 9.30 Å². The van der Waals surface area contributed by atoms with Crippen LogP contribution >= 0.6 is 11.8 Å². The van der Waals surface area contributed by atoms with Crippen LogP contribution in [0.15, 0.2) is 59.8 Å². The molecule has 0 unspecified atom stereocenters. The lowest BCUT2D eigenvalue weighted by molar-refractivity contribution is 0.242. The predicted octanol–water partition coefficient (Wildman–Crippen LogP) is 5.04. The Labute approximate surface area is 153 Å². The zero-order chi connectivity index (χ0) is 17.6. The summed E-state index contributed by atoms with van der Waals surface area (Å²) in [5.41, 5.74) is 2.31. The second-order valence-electron chi connectivity index (χ2n) is 6.02. The Morgan fingerprint density at radius 3 is 2.56 bits per heavy atom. The maximum absolute atomic E-state index is 5.77. The summed E-state index contributed by atoms with van der Waals surface area (Å²) in [5.74, 6) is 2.67. The molecule has 0 aliphatic heterocycles. The number of hydrogen-bond donors (Lipinski definition) is 0. The third kappa shape index (κ3) is 4.42. The third-order valence-electron chi connectivity index (χ3n) is 3.70. The van der Waals surface area contributed by atoms with E-state index in [0.717, 1.165) is 34.6 Å². The lowest BCUT2D eigenvalue weighted by Crippen LogP contribution is -2.05. The van der Waals surface area contributed by atoms with Crippen LogP contribution in [0.3, 0.4) is 0 Å². The number of aromatic nitrogens is 3. The molecule has 5 heteroatoms. The van der Waals surface area contributed by atoms with Crippen molar-refractivity contribution < 1.29 is 4.74 Å². The lowest BCUT2D eigenvalue weighted by atomic mass is 10.2. The van der Waals surface area contributed by atoms with Crippen LogP contribution in [0.1, 0.15) is 26.3 Å². The quantitative estimate of drug-likeness (QED) is 0.558. The molecule has 4 nitrogen and oxygen atoms in total. The molecule has 0 atom stereocenters. The molecule has 0 saturated heterocycles. The van der Waals surface area contributed by atoms with E-state index >= 15 is 0 Å². The minimum atomic E-state index is 0.180. The van der Waals surface area contributed by atoms with Gasteiger partial charge in [0.05, 0.1) is 6.10 Å². The molecule has 0 aliphatic rings. The summed E-state index contributed by atoms with van der Waals surface area (Å²) in [7, 11) is 0. The molecule has 0 aliphatic carbocycles. The molecule has 1 heterocycles. The van der Waals surface area contributed by atoms with E-state index < -0.39 is 0 Å². The van der Waals surface area contributed by atoms with Gasteiger partial charge in [-0.1, -0.05) is 54.2 Å². The van der Waals surface area contributed by atoms with Gasteiger partial charge in [-0.15, -0.1) is 10.2 Å². The van der Waals surface area contributed by atoms with Gasteiger partial charge in [0, 0.05) is 17.9 Å². The summed E-state index contributed by atoms with van der Waals surface area (Å²) in [6, 6.07) is 18.4. The normalized spacial score (nSPS) is 11.0. The molecule has 0 saturated carbocycles. The van der Waals surface area contributed by atoms with Crippen molar-refractivity contribution in [2.75, 3.05) is 0 Å². The number of ether oxygens (including phenoxy) is 1. The van der Waals surface area contributed by atoms with E-state index in [9.17, 15) is 0 Å².